The molecule has 1 aromatic rings. The molecule has 0 bridgehead atoms. The average molecular weight is 331 g/mol. The number of methoxy groups -OCH3 is 2. The molecule has 0 radical (unpaired) electrons. The normalized spacial score (nSPS) is 17.4. The highest BCUT2D eigenvalue weighted by atomic mass is 16.5. The first-order chi connectivity index (χ1) is 11.6. The van der Waals surface area contributed by atoms with E-state index in [1.165, 1.54) is 19.8 Å². The lowest BCUT2D eigenvalue weighted by Crippen LogP contribution is -2.25. The number of benzene rings is 1. The van der Waals surface area contributed by atoms with Crippen molar-refractivity contribution >= 4 is 11.9 Å². The van der Waals surface area contributed by atoms with Crippen molar-refractivity contribution in [1.29, 1.82) is 0 Å². The van der Waals surface area contributed by atoms with Crippen molar-refractivity contribution in [2.75, 3.05) is 20.8 Å². The Hall–Kier alpha value is -2.30. The van der Waals surface area contributed by atoms with E-state index >= 15 is 0 Å². The lowest BCUT2D eigenvalue weighted by atomic mass is 10.0. The Morgan fingerprint density at radius 1 is 1.12 bits per heavy atom. The van der Waals surface area contributed by atoms with Gasteiger partial charge in [-0.25, -0.2) is 4.79 Å². The van der Waals surface area contributed by atoms with Gasteiger partial charge in [0.2, 0.25) is 0 Å². The zero-order valence-corrected chi connectivity index (χ0v) is 14.6. The molecular formula is C19H25NO4. The van der Waals surface area contributed by atoms with Gasteiger partial charge in [0.05, 0.1) is 25.8 Å². The smallest absolute Gasteiger partial charge is 0.335 e. The van der Waals surface area contributed by atoms with Gasteiger partial charge >= 0.3 is 11.9 Å². The molecule has 1 aliphatic rings. The summed E-state index contributed by atoms with van der Waals surface area (Å²) >= 11 is 0. The molecule has 1 saturated heterocycles. The lowest BCUT2D eigenvalue weighted by molar-refractivity contribution is -0.140. The second kappa shape index (κ2) is 8.52. The van der Waals surface area contributed by atoms with E-state index in [1.807, 2.05) is 18.2 Å². The van der Waals surface area contributed by atoms with Crippen LogP contribution in [0.3, 0.4) is 0 Å². The predicted molar refractivity (Wildman–Crippen MR) is 91.1 cm³/mol. The number of carbonyl (C=O) groups is 2. The summed E-state index contributed by atoms with van der Waals surface area (Å²) in [6.45, 7) is 3.03. The molecule has 1 aromatic carbocycles. The Morgan fingerprint density at radius 2 is 1.83 bits per heavy atom. The fraction of sp³-hybridized carbons (Fsp3) is 0.474. The molecule has 5 heteroatoms. The van der Waals surface area contributed by atoms with Crippen LogP contribution in [0.25, 0.3) is 0 Å². The molecule has 0 amide bonds. The minimum absolute atomic E-state index is 0.168. The number of hydrogen-bond donors (Lipinski definition) is 0. The van der Waals surface area contributed by atoms with Crippen LogP contribution in [0.1, 0.15) is 44.2 Å². The van der Waals surface area contributed by atoms with Gasteiger partial charge in [0.25, 0.3) is 0 Å². The molecule has 0 saturated carbocycles. The largest absolute Gasteiger partial charge is 0.469 e. The van der Waals surface area contributed by atoms with Gasteiger partial charge in [-0.15, -0.1) is 0 Å². The van der Waals surface area contributed by atoms with Crippen LogP contribution >= 0.6 is 0 Å². The quantitative estimate of drug-likeness (QED) is 0.592. The average Bonchev–Trinajstić information content (AvgIpc) is 3.10. The van der Waals surface area contributed by atoms with Gasteiger partial charge in [-0.1, -0.05) is 30.3 Å². The van der Waals surface area contributed by atoms with Crippen LogP contribution in [0, 0.1) is 0 Å². The molecule has 2 rings (SSSR count). The number of ether oxygens (including phenoxy) is 2. The molecule has 1 fully saturated rings. The van der Waals surface area contributed by atoms with Gasteiger partial charge in [0, 0.05) is 18.7 Å². The molecule has 1 atom stereocenters. The number of allylic oxidation sites excluding steroid dienone is 1. The third kappa shape index (κ3) is 4.16. The molecular weight excluding hydrogens is 306 g/mol. The minimum atomic E-state index is -0.360. The van der Waals surface area contributed by atoms with E-state index in [0.29, 0.717) is 12.0 Å². The third-order valence-corrected chi connectivity index (χ3v) is 4.50. The van der Waals surface area contributed by atoms with Crippen molar-refractivity contribution in [3.8, 4) is 0 Å². The predicted octanol–water partition coefficient (Wildman–Crippen LogP) is 3.22. The van der Waals surface area contributed by atoms with Crippen LogP contribution in [0.5, 0.6) is 0 Å². The fourth-order valence-electron chi connectivity index (χ4n) is 3.18. The SMILES string of the molecule is COC(=O)CC/C(C(=O)OC)=C1/CCCN1[C@H](C)c1ccccc1. The van der Waals surface area contributed by atoms with Crippen LogP contribution in [-0.4, -0.2) is 37.6 Å². The van der Waals surface area contributed by atoms with E-state index in [1.54, 1.807) is 0 Å². The van der Waals surface area contributed by atoms with E-state index in [4.69, 9.17) is 9.47 Å². The van der Waals surface area contributed by atoms with Crippen LogP contribution in [0.2, 0.25) is 0 Å². The van der Waals surface area contributed by atoms with Crippen molar-refractivity contribution in [2.45, 2.75) is 38.6 Å². The lowest BCUT2D eigenvalue weighted by Gasteiger charge is -2.29. The van der Waals surface area contributed by atoms with Crippen LogP contribution in [0.15, 0.2) is 41.6 Å². The van der Waals surface area contributed by atoms with Crippen molar-refractivity contribution < 1.29 is 19.1 Å². The molecule has 24 heavy (non-hydrogen) atoms. The molecule has 1 aliphatic heterocycles. The molecule has 5 nitrogen and oxygen atoms in total. The summed E-state index contributed by atoms with van der Waals surface area (Å²) in [5.74, 6) is -0.682. The summed E-state index contributed by atoms with van der Waals surface area (Å²) in [6, 6.07) is 10.4. The van der Waals surface area contributed by atoms with Gasteiger partial charge in [0.1, 0.15) is 0 Å². The molecule has 130 valence electrons. The first-order valence-corrected chi connectivity index (χ1v) is 8.27. The maximum absolute atomic E-state index is 12.2. The van der Waals surface area contributed by atoms with E-state index in [-0.39, 0.29) is 24.4 Å². The van der Waals surface area contributed by atoms with Crippen LogP contribution in [0.4, 0.5) is 0 Å². The molecule has 0 N–H and O–H groups in total. The number of carbonyl (C=O) groups excluding carboxylic acids is 2. The maximum atomic E-state index is 12.2. The third-order valence-electron chi connectivity index (χ3n) is 4.50. The first-order valence-electron chi connectivity index (χ1n) is 8.27. The highest BCUT2D eigenvalue weighted by Crippen LogP contribution is 2.34. The van der Waals surface area contributed by atoms with Crippen LogP contribution < -0.4 is 0 Å². The molecule has 0 unspecified atom stereocenters. The van der Waals surface area contributed by atoms with Crippen LogP contribution in [-0.2, 0) is 19.1 Å². The summed E-state index contributed by atoms with van der Waals surface area (Å²) in [7, 11) is 2.73. The Bertz CT molecular complexity index is 609. The Kier molecular flexibility index (Phi) is 6.41. The topological polar surface area (TPSA) is 55.8 Å². The second-order valence-electron chi connectivity index (χ2n) is 5.88. The highest BCUT2D eigenvalue weighted by Gasteiger charge is 2.29. The van der Waals surface area contributed by atoms with Gasteiger partial charge in [-0.05, 0) is 31.7 Å². The molecule has 0 aliphatic carbocycles. The van der Waals surface area contributed by atoms with Crippen molar-refractivity contribution in [1.82, 2.24) is 4.90 Å². The molecule has 1 heterocycles. The Labute approximate surface area is 143 Å². The van der Waals surface area contributed by atoms with Crippen molar-refractivity contribution in [3.63, 3.8) is 0 Å². The molecule has 0 aromatic heterocycles. The standard InChI is InChI=1S/C19H25NO4/c1-14(15-8-5-4-6-9-15)20-13-7-10-17(20)16(19(22)24-3)11-12-18(21)23-2/h4-6,8-9,14H,7,10-13H2,1-3H3/b17-16+/t14-/m1/s1. The van der Waals surface area contributed by atoms with E-state index < -0.39 is 0 Å². The summed E-state index contributed by atoms with van der Waals surface area (Å²) in [5.41, 5.74) is 2.78. The van der Waals surface area contributed by atoms with Crippen molar-refractivity contribution in [2.24, 2.45) is 0 Å². The van der Waals surface area contributed by atoms with E-state index in [0.717, 1.165) is 25.1 Å². The number of esters is 2. The summed E-state index contributed by atoms with van der Waals surface area (Å²) in [5, 5.41) is 0. The second-order valence-corrected chi connectivity index (χ2v) is 5.88. The number of nitrogens with zero attached hydrogens (tertiary/aromatic N) is 1. The number of likely N-dealkylation sites (tertiary alicyclic amines) is 1. The Balaban J connectivity index is 2.29. The zero-order valence-electron chi connectivity index (χ0n) is 14.6. The van der Waals surface area contributed by atoms with Gasteiger partial charge in [0.15, 0.2) is 0 Å². The fourth-order valence-corrected chi connectivity index (χ4v) is 3.18. The summed E-state index contributed by atoms with van der Waals surface area (Å²) in [4.78, 5) is 26.0. The van der Waals surface area contributed by atoms with Gasteiger partial charge < -0.3 is 14.4 Å². The highest BCUT2D eigenvalue weighted by molar-refractivity contribution is 5.90. The molecule has 0 spiro atoms. The minimum Gasteiger partial charge on any atom is -0.469 e. The summed E-state index contributed by atoms with van der Waals surface area (Å²) in [6.07, 6.45) is 2.33. The Morgan fingerprint density at radius 3 is 2.46 bits per heavy atom. The number of rotatable bonds is 6. The maximum Gasteiger partial charge on any atom is 0.335 e. The van der Waals surface area contributed by atoms with Crippen molar-refractivity contribution in [3.05, 3.63) is 47.2 Å². The first kappa shape index (κ1) is 18.0. The summed E-state index contributed by atoms with van der Waals surface area (Å²) < 4.78 is 9.64. The van der Waals surface area contributed by atoms with Gasteiger partial charge in [-0.3, -0.25) is 4.79 Å². The van der Waals surface area contributed by atoms with E-state index in [2.05, 4.69) is 24.0 Å². The van der Waals surface area contributed by atoms with Gasteiger partial charge in [-0.2, -0.15) is 0 Å². The number of hydrogen-bond acceptors (Lipinski definition) is 5. The monoisotopic (exact) mass is 331 g/mol. The zero-order chi connectivity index (χ0) is 17.5. The van der Waals surface area contributed by atoms with E-state index in [9.17, 15) is 9.59 Å².